The Morgan fingerprint density at radius 1 is 1.33 bits per heavy atom. The summed E-state index contributed by atoms with van der Waals surface area (Å²) in [6, 6.07) is 2.65. The van der Waals surface area contributed by atoms with Crippen molar-refractivity contribution in [1.82, 2.24) is 10.6 Å². The molecular formula is C17H21N3O4. The molecule has 2 N–H and O–H groups in total. The van der Waals surface area contributed by atoms with E-state index in [4.69, 9.17) is 4.74 Å². The van der Waals surface area contributed by atoms with Crippen molar-refractivity contribution in [3.8, 4) is 5.75 Å². The zero-order valence-electron chi connectivity index (χ0n) is 14.2. The number of hydrogen-bond donors (Lipinski definition) is 2. The minimum atomic E-state index is -0.735. The molecule has 1 aliphatic rings. The largest absolute Gasteiger partial charge is 0.497 e. The number of methoxy groups -OCH3 is 1. The molecular weight excluding hydrogens is 310 g/mol. The molecule has 7 nitrogen and oxygen atoms in total. The van der Waals surface area contributed by atoms with Crippen molar-refractivity contribution in [2.45, 2.75) is 39.7 Å². The van der Waals surface area contributed by atoms with Crippen molar-refractivity contribution >= 4 is 29.1 Å². The molecule has 1 aromatic carbocycles. The van der Waals surface area contributed by atoms with Crippen LogP contribution in [-0.4, -0.2) is 36.6 Å². The van der Waals surface area contributed by atoms with E-state index in [1.807, 2.05) is 20.8 Å². The van der Waals surface area contributed by atoms with Gasteiger partial charge in [-0.3, -0.25) is 24.7 Å². The molecule has 128 valence electrons. The first-order valence-corrected chi connectivity index (χ1v) is 7.67. The van der Waals surface area contributed by atoms with E-state index in [1.165, 1.54) is 7.11 Å². The fourth-order valence-electron chi connectivity index (χ4n) is 2.48. The highest BCUT2D eigenvalue weighted by Crippen LogP contribution is 2.30. The SMILES string of the molecule is COc1cc(C)c(N=C(C)C)c(C(=O)NC2CCC(=O)NC2=O)c1. The minimum Gasteiger partial charge on any atom is -0.497 e. The van der Waals surface area contributed by atoms with Crippen LogP contribution in [-0.2, 0) is 9.59 Å². The number of piperidine rings is 1. The second kappa shape index (κ2) is 7.25. The number of hydrogen-bond acceptors (Lipinski definition) is 5. The van der Waals surface area contributed by atoms with Crippen molar-refractivity contribution < 1.29 is 19.1 Å². The van der Waals surface area contributed by atoms with Crippen molar-refractivity contribution in [3.05, 3.63) is 23.3 Å². The number of rotatable bonds is 4. The molecule has 0 aliphatic carbocycles. The smallest absolute Gasteiger partial charge is 0.254 e. The van der Waals surface area contributed by atoms with Crippen molar-refractivity contribution in [2.24, 2.45) is 4.99 Å². The fraction of sp³-hybridized carbons (Fsp3) is 0.412. The summed E-state index contributed by atoms with van der Waals surface area (Å²) in [5.74, 6) is -0.703. The van der Waals surface area contributed by atoms with Gasteiger partial charge < -0.3 is 10.1 Å². The number of aliphatic imine (C=N–C) groups is 1. The predicted octanol–water partition coefficient (Wildman–Crippen LogP) is 1.65. The van der Waals surface area contributed by atoms with Crippen LogP contribution >= 0.6 is 0 Å². The lowest BCUT2D eigenvalue weighted by molar-refractivity contribution is -0.134. The van der Waals surface area contributed by atoms with E-state index in [0.29, 0.717) is 17.0 Å². The van der Waals surface area contributed by atoms with E-state index in [9.17, 15) is 14.4 Å². The van der Waals surface area contributed by atoms with E-state index >= 15 is 0 Å². The number of nitrogens with zero attached hydrogens (tertiary/aromatic N) is 1. The van der Waals surface area contributed by atoms with Gasteiger partial charge in [-0.15, -0.1) is 0 Å². The molecule has 1 fully saturated rings. The first kappa shape index (κ1) is 17.7. The summed E-state index contributed by atoms with van der Waals surface area (Å²) < 4.78 is 5.22. The van der Waals surface area contributed by atoms with E-state index in [2.05, 4.69) is 15.6 Å². The number of carbonyl (C=O) groups excluding carboxylic acids is 3. The van der Waals surface area contributed by atoms with Gasteiger partial charge in [0.2, 0.25) is 11.8 Å². The highest BCUT2D eigenvalue weighted by Gasteiger charge is 2.29. The lowest BCUT2D eigenvalue weighted by Crippen LogP contribution is -2.52. The average Bonchev–Trinajstić information content (AvgIpc) is 2.51. The van der Waals surface area contributed by atoms with Crippen LogP contribution in [0.15, 0.2) is 17.1 Å². The van der Waals surface area contributed by atoms with Gasteiger partial charge in [0.1, 0.15) is 11.8 Å². The van der Waals surface area contributed by atoms with E-state index < -0.39 is 17.9 Å². The Balaban J connectivity index is 2.33. The summed E-state index contributed by atoms with van der Waals surface area (Å²) in [5, 5.41) is 4.89. The van der Waals surface area contributed by atoms with E-state index in [-0.39, 0.29) is 18.7 Å². The molecule has 1 aromatic rings. The average molecular weight is 331 g/mol. The summed E-state index contributed by atoms with van der Waals surface area (Å²) in [6.45, 7) is 5.52. The summed E-state index contributed by atoms with van der Waals surface area (Å²) >= 11 is 0. The number of carbonyl (C=O) groups is 3. The first-order valence-electron chi connectivity index (χ1n) is 7.67. The van der Waals surface area contributed by atoms with Gasteiger partial charge in [0, 0.05) is 12.1 Å². The van der Waals surface area contributed by atoms with Gasteiger partial charge in [-0.2, -0.15) is 0 Å². The Hall–Kier alpha value is -2.70. The molecule has 2 rings (SSSR count). The fourth-order valence-corrected chi connectivity index (χ4v) is 2.48. The van der Waals surface area contributed by atoms with Gasteiger partial charge in [0.15, 0.2) is 0 Å². The molecule has 1 saturated heterocycles. The van der Waals surface area contributed by atoms with Crippen molar-refractivity contribution in [1.29, 1.82) is 0 Å². The normalized spacial score (nSPS) is 17.1. The molecule has 1 aliphatic heterocycles. The molecule has 1 unspecified atom stereocenters. The Morgan fingerprint density at radius 2 is 2.04 bits per heavy atom. The Morgan fingerprint density at radius 3 is 2.62 bits per heavy atom. The maximum Gasteiger partial charge on any atom is 0.254 e. The maximum atomic E-state index is 12.7. The quantitative estimate of drug-likeness (QED) is 0.647. The summed E-state index contributed by atoms with van der Waals surface area (Å²) in [4.78, 5) is 40.1. The monoisotopic (exact) mass is 331 g/mol. The molecule has 24 heavy (non-hydrogen) atoms. The highest BCUT2D eigenvalue weighted by molar-refractivity contribution is 6.06. The van der Waals surface area contributed by atoms with Crippen LogP contribution in [0.5, 0.6) is 5.75 Å². The Labute approximate surface area is 140 Å². The van der Waals surface area contributed by atoms with Crippen molar-refractivity contribution in [3.63, 3.8) is 0 Å². The summed E-state index contributed by atoms with van der Waals surface area (Å²) in [6.07, 6.45) is 0.484. The predicted molar refractivity (Wildman–Crippen MR) is 89.8 cm³/mol. The van der Waals surface area contributed by atoms with Gasteiger partial charge in [0.25, 0.3) is 5.91 Å². The van der Waals surface area contributed by atoms with Crippen LogP contribution < -0.4 is 15.4 Å². The Kier molecular flexibility index (Phi) is 5.33. The zero-order chi connectivity index (χ0) is 17.9. The number of aryl methyl sites for hydroxylation is 1. The Bertz CT molecular complexity index is 721. The molecule has 1 heterocycles. The summed E-state index contributed by atoms with van der Waals surface area (Å²) in [7, 11) is 1.52. The maximum absolute atomic E-state index is 12.7. The standard InChI is InChI=1S/C17H21N3O4/c1-9(2)18-15-10(3)7-11(24-4)8-12(15)16(22)19-13-5-6-14(21)20-17(13)23/h7-8,13H,5-6H2,1-4H3,(H,19,22)(H,20,21,23). The number of nitrogens with one attached hydrogen (secondary N) is 2. The number of benzene rings is 1. The minimum absolute atomic E-state index is 0.201. The third kappa shape index (κ3) is 3.98. The second-order valence-electron chi connectivity index (χ2n) is 5.88. The third-order valence-corrected chi connectivity index (χ3v) is 3.63. The van der Waals surface area contributed by atoms with Crippen LogP contribution in [0.25, 0.3) is 0 Å². The van der Waals surface area contributed by atoms with Gasteiger partial charge in [-0.1, -0.05) is 0 Å². The highest BCUT2D eigenvalue weighted by atomic mass is 16.5. The molecule has 0 radical (unpaired) electrons. The number of ether oxygens (including phenoxy) is 1. The van der Waals surface area contributed by atoms with Crippen LogP contribution in [0, 0.1) is 6.92 Å². The molecule has 0 saturated carbocycles. The zero-order valence-corrected chi connectivity index (χ0v) is 14.2. The van der Waals surface area contributed by atoms with E-state index in [0.717, 1.165) is 11.3 Å². The first-order chi connectivity index (χ1) is 11.3. The number of imide groups is 1. The van der Waals surface area contributed by atoms with Gasteiger partial charge >= 0.3 is 0 Å². The molecule has 1 atom stereocenters. The van der Waals surface area contributed by atoms with Crippen molar-refractivity contribution in [2.75, 3.05) is 7.11 Å². The van der Waals surface area contributed by atoms with Gasteiger partial charge in [-0.25, -0.2) is 0 Å². The van der Waals surface area contributed by atoms with Gasteiger partial charge in [0.05, 0.1) is 18.4 Å². The lowest BCUT2D eigenvalue weighted by Gasteiger charge is -2.22. The summed E-state index contributed by atoms with van der Waals surface area (Å²) in [5.41, 5.74) is 2.47. The molecule has 0 aromatic heterocycles. The van der Waals surface area contributed by atoms with Crippen LogP contribution in [0.4, 0.5) is 5.69 Å². The van der Waals surface area contributed by atoms with Crippen LogP contribution in [0.3, 0.4) is 0 Å². The molecule has 0 spiro atoms. The van der Waals surface area contributed by atoms with Crippen LogP contribution in [0.2, 0.25) is 0 Å². The third-order valence-electron chi connectivity index (χ3n) is 3.63. The second-order valence-corrected chi connectivity index (χ2v) is 5.88. The van der Waals surface area contributed by atoms with E-state index in [1.54, 1.807) is 12.1 Å². The topological polar surface area (TPSA) is 96.9 Å². The molecule has 7 heteroatoms. The van der Waals surface area contributed by atoms with Gasteiger partial charge in [-0.05, 0) is 44.9 Å². The lowest BCUT2D eigenvalue weighted by atomic mass is 10.0. The molecule has 0 bridgehead atoms. The van der Waals surface area contributed by atoms with Crippen LogP contribution in [0.1, 0.15) is 42.6 Å². The number of amides is 3. The molecule has 3 amide bonds.